The average molecular weight is 255 g/mol. The lowest BCUT2D eigenvalue weighted by atomic mass is 10.2. The van der Waals surface area contributed by atoms with Crippen molar-refractivity contribution in [3.8, 4) is 0 Å². The molecule has 0 amide bonds. The summed E-state index contributed by atoms with van der Waals surface area (Å²) in [6.45, 7) is 21.3. The first-order valence-corrected chi connectivity index (χ1v) is 9.37. The lowest BCUT2D eigenvalue weighted by molar-refractivity contribution is 0.217. The van der Waals surface area contributed by atoms with E-state index in [-0.39, 0.29) is 5.04 Å². The third kappa shape index (κ3) is 4.58. The van der Waals surface area contributed by atoms with Crippen LogP contribution in [0.5, 0.6) is 0 Å². The van der Waals surface area contributed by atoms with Gasteiger partial charge in [0.25, 0.3) is 8.32 Å². The Morgan fingerprint density at radius 1 is 1.24 bits per heavy atom. The Bertz CT molecular complexity index is 272. The molecule has 0 aromatic carbocycles. The van der Waals surface area contributed by atoms with Crippen molar-refractivity contribution >= 4 is 8.32 Å². The van der Waals surface area contributed by atoms with Crippen molar-refractivity contribution in [1.29, 1.82) is 0 Å². The average Bonchev–Trinajstić information content (AvgIpc) is 2.17. The van der Waals surface area contributed by atoms with Gasteiger partial charge < -0.3 is 9.33 Å². The summed E-state index contributed by atoms with van der Waals surface area (Å²) in [4.78, 5) is 2.24. The Hall–Kier alpha value is -0.703. The number of rotatable bonds is 6. The Labute approximate surface area is 108 Å². The summed E-state index contributed by atoms with van der Waals surface area (Å²) < 4.78 is 6.34. The summed E-state index contributed by atoms with van der Waals surface area (Å²) in [6, 6.07) is 0. The normalized spacial score (nSPS) is 13.5. The van der Waals surface area contributed by atoms with Crippen LogP contribution in [0.25, 0.3) is 0 Å². The molecule has 0 heterocycles. The van der Waals surface area contributed by atoms with Crippen LogP contribution in [0.2, 0.25) is 18.1 Å². The molecule has 3 heteroatoms. The van der Waals surface area contributed by atoms with E-state index in [1.807, 2.05) is 6.08 Å². The molecule has 17 heavy (non-hydrogen) atoms. The molecule has 0 atom stereocenters. The predicted octanol–water partition coefficient (Wildman–Crippen LogP) is 4.38. The Morgan fingerprint density at radius 3 is 2.00 bits per heavy atom. The number of hydrogen-bond acceptors (Lipinski definition) is 2. The van der Waals surface area contributed by atoms with Gasteiger partial charge in [0.1, 0.15) is 0 Å². The van der Waals surface area contributed by atoms with E-state index in [0.717, 1.165) is 19.0 Å². The summed E-state index contributed by atoms with van der Waals surface area (Å²) in [6.07, 6.45) is 3.79. The smallest absolute Gasteiger partial charge is 0.252 e. The second-order valence-electron chi connectivity index (χ2n) is 5.78. The largest absolute Gasteiger partial charge is 0.532 e. The molecule has 0 aliphatic heterocycles. The minimum Gasteiger partial charge on any atom is -0.532 e. The standard InChI is InChI=1S/C14H29NOSi/c1-9-12-13(15(10-2)11-3)16-17(7,8)14(4,5)6/h9,12H,1,10-11H2,2-8H3/b13-12+. The fraction of sp³-hybridized carbons (Fsp3) is 0.714. The summed E-state index contributed by atoms with van der Waals surface area (Å²) in [5.41, 5.74) is 0. The first-order chi connectivity index (χ1) is 7.69. The van der Waals surface area contributed by atoms with Gasteiger partial charge in [0.15, 0.2) is 5.88 Å². The highest BCUT2D eigenvalue weighted by atomic mass is 28.4. The molecule has 0 fully saturated rings. The van der Waals surface area contributed by atoms with Gasteiger partial charge in [0.05, 0.1) is 0 Å². The van der Waals surface area contributed by atoms with Crippen molar-refractivity contribution in [2.45, 2.75) is 52.8 Å². The molecular weight excluding hydrogens is 226 g/mol. The van der Waals surface area contributed by atoms with Gasteiger partial charge in [-0.3, -0.25) is 0 Å². The van der Waals surface area contributed by atoms with Crippen molar-refractivity contribution in [3.63, 3.8) is 0 Å². The van der Waals surface area contributed by atoms with Gasteiger partial charge in [-0.1, -0.05) is 33.4 Å². The van der Waals surface area contributed by atoms with Crippen molar-refractivity contribution in [3.05, 3.63) is 24.6 Å². The zero-order valence-electron chi connectivity index (χ0n) is 12.6. The second kappa shape index (κ2) is 6.29. The van der Waals surface area contributed by atoms with Gasteiger partial charge in [-0.15, -0.1) is 0 Å². The van der Waals surface area contributed by atoms with Crippen molar-refractivity contribution < 1.29 is 4.43 Å². The van der Waals surface area contributed by atoms with Crippen LogP contribution in [-0.4, -0.2) is 26.3 Å². The van der Waals surface area contributed by atoms with E-state index in [2.05, 4.69) is 59.2 Å². The van der Waals surface area contributed by atoms with Crippen LogP contribution in [0.15, 0.2) is 24.6 Å². The van der Waals surface area contributed by atoms with Crippen LogP contribution in [-0.2, 0) is 4.43 Å². The third-order valence-electron chi connectivity index (χ3n) is 3.50. The maximum Gasteiger partial charge on any atom is 0.252 e. The Balaban J connectivity index is 5.02. The number of hydrogen-bond donors (Lipinski definition) is 0. The molecule has 0 saturated carbocycles. The highest BCUT2D eigenvalue weighted by molar-refractivity contribution is 6.74. The van der Waals surface area contributed by atoms with Crippen molar-refractivity contribution in [2.75, 3.05) is 13.1 Å². The lowest BCUT2D eigenvalue weighted by Crippen LogP contribution is -2.43. The quantitative estimate of drug-likeness (QED) is 0.397. The molecule has 0 aliphatic carbocycles. The van der Waals surface area contributed by atoms with Gasteiger partial charge in [-0.05, 0) is 38.1 Å². The van der Waals surface area contributed by atoms with E-state index in [9.17, 15) is 0 Å². The molecule has 0 unspecified atom stereocenters. The molecule has 0 rings (SSSR count). The van der Waals surface area contributed by atoms with E-state index in [1.54, 1.807) is 6.08 Å². The fourth-order valence-electron chi connectivity index (χ4n) is 1.25. The number of allylic oxidation sites excluding steroid dienone is 2. The topological polar surface area (TPSA) is 12.5 Å². The molecule has 0 radical (unpaired) electrons. The van der Waals surface area contributed by atoms with Crippen LogP contribution in [0, 0.1) is 0 Å². The van der Waals surface area contributed by atoms with Gasteiger partial charge >= 0.3 is 0 Å². The summed E-state index contributed by atoms with van der Waals surface area (Å²) in [7, 11) is -1.76. The second-order valence-corrected chi connectivity index (χ2v) is 10.5. The van der Waals surface area contributed by atoms with Crippen LogP contribution in [0.4, 0.5) is 0 Å². The zero-order valence-corrected chi connectivity index (χ0v) is 13.6. The van der Waals surface area contributed by atoms with Gasteiger partial charge in [-0.25, -0.2) is 0 Å². The minimum atomic E-state index is -1.76. The molecule has 0 N–H and O–H groups in total. The molecule has 0 aromatic rings. The van der Waals surface area contributed by atoms with Crippen molar-refractivity contribution in [1.82, 2.24) is 4.90 Å². The van der Waals surface area contributed by atoms with Gasteiger partial charge in [0.2, 0.25) is 0 Å². The van der Waals surface area contributed by atoms with E-state index in [4.69, 9.17) is 4.43 Å². The Kier molecular flexibility index (Phi) is 6.03. The zero-order chi connectivity index (χ0) is 13.7. The molecule has 2 nitrogen and oxygen atoms in total. The predicted molar refractivity (Wildman–Crippen MR) is 79.5 cm³/mol. The first-order valence-electron chi connectivity index (χ1n) is 6.46. The van der Waals surface area contributed by atoms with Crippen LogP contribution in [0.1, 0.15) is 34.6 Å². The molecule has 100 valence electrons. The highest BCUT2D eigenvalue weighted by Gasteiger charge is 2.39. The summed E-state index contributed by atoms with van der Waals surface area (Å²) >= 11 is 0. The third-order valence-corrected chi connectivity index (χ3v) is 7.83. The maximum absolute atomic E-state index is 6.34. The highest BCUT2D eigenvalue weighted by Crippen LogP contribution is 2.38. The molecule has 0 bridgehead atoms. The molecule has 0 aliphatic rings. The lowest BCUT2D eigenvalue weighted by Gasteiger charge is -2.39. The van der Waals surface area contributed by atoms with Crippen LogP contribution < -0.4 is 0 Å². The fourth-order valence-corrected chi connectivity index (χ4v) is 2.28. The Morgan fingerprint density at radius 2 is 1.71 bits per heavy atom. The maximum atomic E-state index is 6.34. The summed E-state index contributed by atoms with van der Waals surface area (Å²) in [5, 5.41) is 0.223. The van der Waals surface area contributed by atoms with E-state index in [1.165, 1.54) is 0 Å². The minimum absolute atomic E-state index is 0.223. The first kappa shape index (κ1) is 16.3. The van der Waals surface area contributed by atoms with Crippen molar-refractivity contribution in [2.24, 2.45) is 0 Å². The van der Waals surface area contributed by atoms with Gasteiger partial charge in [0, 0.05) is 13.1 Å². The molecule has 0 saturated heterocycles. The van der Waals surface area contributed by atoms with Gasteiger partial charge in [-0.2, -0.15) is 0 Å². The van der Waals surface area contributed by atoms with Crippen LogP contribution >= 0.6 is 0 Å². The number of nitrogens with zero attached hydrogens (tertiary/aromatic N) is 1. The van der Waals surface area contributed by atoms with E-state index >= 15 is 0 Å². The molecule has 0 aromatic heterocycles. The van der Waals surface area contributed by atoms with E-state index < -0.39 is 8.32 Å². The molecular formula is C14H29NOSi. The summed E-state index contributed by atoms with van der Waals surface area (Å²) in [5.74, 6) is 0.969. The molecule has 0 spiro atoms. The monoisotopic (exact) mass is 255 g/mol. The SMILES string of the molecule is C=C/C=C(/O[Si](C)(C)C(C)(C)C)N(CC)CC. The van der Waals surface area contributed by atoms with Crippen LogP contribution in [0.3, 0.4) is 0 Å². The van der Waals surface area contributed by atoms with E-state index in [0.29, 0.717) is 0 Å².